The summed E-state index contributed by atoms with van der Waals surface area (Å²) in [5.41, 5.74) is -0.221. The van der Waals surface area contributed by atoms with Crippen molar-refractivity contribution in [2.24, 2.45) is 22.2 Å². The maximum atomic E-state index is 13.7. The third-order valence-electron chi connectivity index (χ3n) is 9.12. The standard InChI is InChI=1S/C21H28O5/c1-11-5-8-20(24)10-21-13-9-25-14(13)6-7-18(21,3)17(23)16(26-12(2)22)15(11)19(20,21)4/h13-14,16,24H,5-10H2,1-4H3/t13-,14-,16-,18+,19+,20-,21?/m1/s1. The molecule has 1 spiro atoms. The molecule has 5 aliphatic rings. The Morgan fingerprint density at radius 3 is 2.65 bits per heavy atom. The third kappa shape index (κ3) is 1.44. The highest BCUT2D eigenvalue weighted by Gasteiger charge is 2.86. The molecule has 7 atom stereocenters. The van der Waals surface area contributed by atoms with E-state index >= 15 is 0 Å². The van der Waals surface area contributed by atoms with Crippen LogP contribution in [0.4, 0.5) is 0 Å². The Kier molecular flexibility index (Phi) is 3.00. The largest absolute Gasteiger partial charge is 0.450 e. The Bertz CT molecular complexity index is 770. The Morgan fingerprint density at radius 1 is 1.31 bits per heavy atom. The number of carbonyl (C=O) groups excluding carboxylic acids is 2. The molecule has 3 saturated carbocycles. The molecule has 1 unspecified atom stereocenters. The molecule has 0 aromatic rings. The minimum atomic E-state index is -0.847. The van der Waals surface area contributed by atoms with Crippen LogP contribution in [0.2, 0.25) is 0 Å². The van der Waals surface area contributed by atoms with E-state index in [1.807, 2.05) is 6.92 Å². The van der Waals surface area contributed by atoms with Crippen molar-refractivity contribution in [2.45, 2.75) is 77.6 Å². The molecule has 0 bridgehead atoms. The second-order valence-electron chi connectivity index (χ2n) is 9.70. The second-order valence-corrected chi connectivity index (χ2v) is 9.70. The van der Waals surface area contributed by atoms with Gasteiger partial charge < -0.3 is 14.6 Å². The monoisotopic (exact) mass is 360 g/mol. The molecule has 1 N–H and O–H groups in total. The lowest BCUT2D eigenvalue weighted by molar-refractivity contribution is -0.371. The van der Waals surface area contributed by atoms with Crippen LogP contribution >= 0.6 is 0 Å². The number of esters is 1. The number of hydrogen-bond acceptors (Lipinski definition) is 5. The molecule has 0 aromatic heterocycles. The van der Waals surface area contributed by atoms with Gasteiger partial charge in [0, 0.05) is 29.1 Å². The van der Waals surface area contributed by atoms with Crippen LogP contribution in [-0.2, 0) is 19.1 Å². The van der Waals surface area contributed by atoms with Crippen molar-refractivity contribution in [1.29, 1.82) is 0 Å². The Hall–Kier alpha value is -1.20. The van der Waals surface area contributed by atoms with Crippen molar-refractivity contribution in [2.75, 3.05) is 6.61 Å². The van der Waals surface area contributed by atoms with Crippen molar-refractivity contribution in [3.05, 3.63) is 11.1 Å². The van der Waals surface area contributed by atoms with E-state index in [0.717, 1.165) is 36.8 Å². The molecule has 1 heterocycles. The Labute approximate surface area is 154 Å². The molecular formula is C21H28O5. The molecule has 26 heavy (non-hydrogen) atoms. The van der Waals surface area contributed by atoms with Crippen LogP contribution in [0.3, 0.4) is 0 Å². The summed E-state index contributed by atoms with van der Waals surface area (Å²) in [4.78, 5) is 25.6. The Balaban J connectivity index is 1.77. The predicted octanol–water partition coefficient (Wildman–Crippen LogP) is 2.55. The van der Waals surface area contributed by atoms with E-state index in [-0.39, 0.29) is 17.3 Å². The lowest BCUT2D eigenvalue weighted by Crippen LogP contribution is -2.86. The molecule has 142 valence electrons. The van der Waals surface area contributed by atoms with Crippen LogP contribution in [0, 0.1) is 22.2 Å². The van der Waals surface area contributed by atoms with Crippen LogP contribution in [0.5, 0.6) is 0 Å². The first-order valence-electron chi connectivity index (χ1n) is 9.88. The molecular weight excluding hydrogens is 332 g/mol. The van der Waals surface area contributed by atoms with Crippen molar-refractivity contribution in [3.63, 3.8) is 0 Å². The number of Topliss-reactive ketones (excluding diaryl/α,β-unsaturated/α-hetero) is 1. The molecule has 0 radical (unpaired) electrons. The molecule has 1 saturated heterocycles. The number of ether oxygens (including phenoxy) is 2. The zero-order valence-corrected chi connectivity index (χ0v) is 16.1. The molecule has 5 rings (SSSR count). The first-order chi connectivity index (χ1) is 12.1. The highest BCUT2D eigenvalue weighted by atomic mass is 16.5. The fourth-order valence-electron chi connectivity index (χ4n) is 7.82. The molecule has 4 aliphatic carbocycles. The van der Waals surface area contributed by atoms with E-state index in [4.69, 9.17) is 9.47 Å². The van der Waals surface area contributed by atoms with Crippen molar-refractivity contribution in [1.82, 2.24) is 0 Å². The Morgan fingerprint density at radius 2 is 2.04 bits per heavy atom. The molecule has 5 nitrogen and oxygen atoms in total. The number of fused-ring (bicyclic) bond motifs is 1. The van der Waals surface area contributed by atoms with E-state index in [1.165, 1.54) is 6.92 Å². The van der Waals surface area contributed by atoms with Crippen LogP contribution in [-0.4, -0.2) is 41.3 Å². The van der Waals surface area contributed by atoms with E-state index in [0.29, 0.717) is 18.9 Å². The van der Waals surface area contributed by atoms with Crippen LogP contribution < -0.4 is 0 Å². The summed E-state index contributed by atoms with van der Waals surface area (Å²) in [5.74, 6) is -0.0964. The van der Waals surface area contributed by atoms with Gasteiger partial charge in [-0.25, -0.2) is 0 Å². The number of rotatable bonds is 1. The van der Waals surface area contributed by atoms with Crippen molar-refractivity contribution in [3.8, 4) is 0 Å². The van der Waals surface area contributed by atoms with E-state index in [9.17, 15) is 14.7 Å². The summed E-state index contributed by atoms with van der Waals surface area (Å²) in [7, 11) is 0. The first-order valence-corrected chi connectivity index (χ1v) is 9.88. The predicted molar refractivity (Wildman–Crippen MR) is 93.2 cm³/mol. The lowest BCUT2D eigenvalue weighted by Gasteiger charge is -2.82. The maximum absolute atomic E-state index is 13.7. The number of hydrogen-bond donors (Lipinski definition) is 1. The quantitative estimate of drug-likeness (QED) is 0.575. The summed E-state index contributed by atoms with van der Waals surface area (Å²) in [6.07, 6.45) is 3.09. The van der Waals surface area contributed by atoms with Gasteiger partial charge in [-0.05, 0) is 44.6 Å². The zero-order valence-electron chi connectivity index (χ0n) is 16.1. The fourth-order valence-corrected chi connectivity index (χ4v) is 7.82. The molecule has 0 amide bonds. The van der Waals surface area contributed by atoms with Gasteiger partial charge in [-0.15, -0.1) is 0 Å². The van der Waals surface area contributed by atoms with Gasteiger partial charge in [-0.3, -0.25) is 9.59 Å². The number of ketones is 1. The van der Waals surface area contributed by atoms with Crippen LogP contribution in [0.25, 0.3) is 0 Å². The number of aliphatic hydroxyl groups is 1. The van der Waals surface area contributed by atoms with Gasteiger partial charge in [0.1, 0.15) is 0 Å². The molecule has 4 fully saturated rings. The number of carbonyl (C=O) groups is 2. The summed E-state index contributed by atoms with van der Waals surface area (Å²) < 4.78 is 11.5. The summed E-state index contributed by atoms with van der Waals surface area (Å²) in [5, 5.41) is 11.6. The first kappa shape index (κ1) is 16.9. The van der Waals surface area contributed by atoms with Crippen molar-refractivity contribution >= 4 is 11.8 Å². The van der Waals surface area contributed by atoms with Crippen molar-refractivity contribution < 1.29 is 24.2 Å². The van der Waals surface area contributed by atoms with Gasteiger partial charge in [0.15, 0.2) is 11.9 Å². The topological polar surface area (TPSA) is 72.8 Å². The second kappa shape index (κ2) is 4.61. The van der Waals surface area contributed by atoms with Crippen LogP contribution in [0.15, 0.2) is 11.1 Å². The van der Waals surface area contributed by atoms with Gasteiger partial charge in [-0.2, -0.15) is 0 Å². The molecule has 5 heteroatoms. The lowest BCUT2D eigenvalue weighted by atomic mass is 9.23. The SMILES string of the molecule is CC(=O)O[C@H]1C(=O)[C@]2(C)CC[C@H]3OC[C@H]3C23C[C@]2(O)CCC(C)=C1[C@]32C. The van der Waals surface area contributed by atoms with Gasteiger partial charge in [0.2, 0.25) is 0 Å². The average molecular weight is 360 g/mol. The normalized spacial score (nSPS) is 54.3. The summed E-state index contributed by atoms with van der Waals surface area (Å²) >= 11 is 0. The third-order valence-corrected chi connectivity index (χ3v) is 9.12. The highest BCUT2D eigenvalue weighted by Crippen LogP contribution is 2.83. The van der Waals surface area contributed by atoms with E-state index in [1.54, 1.807) is 0 Å². The van der Waals surface area contributed by atoms with Gasteiger partial charge in [-0.1, -0.05) is 19.4 Å². The fraction of sp³-hybridized carbons (Fsp3) is 0.810. The molecule has 1 aliphatic heterocycles. The van der Waals surface area contributed by atoms with E-state index in [2.05, 4.69) is 13.8 Å². The van der Waals surface area contributed by atoms with Gasteiger partial charge >= 0.3 is 5.97 Å². The zero-order chi connectivity index (χ0) is 18.7. The van der Waals surface area contributed by atoms with Gasteiger partial charge in [0.05, 0.1) is 18.3 Å². The van der Waals surface area contributed by atoms with Crippen LogP contribution in [0.1, 0.15) is 59.8 Å². The maximum Gasteiger partial charge on any atom is 0.303 e. The minimum absolute atomic E-state index is 0.0359. The van der Waals surface area contributed by atoms with E-state index < -0.39 is 28.5 Å². The smallest absolute Gasteiger partial charge is 0.303 e. The summed E-state index contributed by atoms with van der Waals surface area (Å²) in [6.45, 7) is 8.27. The average Bonchev–Trinajstić information content (AvgIpc) is 2.53. The highest BCUT2D eigenvalue weighted by molar-refractivity contribution is 5.97. The van der Waals surface area contributed by atoms with Gasteiger partial charge in [0.25, 0.3) is 0 Å². The minimum Gasteiger partial charge on any atom is -0.450 e. The summed E-state index contributed by atoms with van der Waals surface area (Å²) in [6, 6.07) is 0. The molecule has 0 aromatic carbocycles. The number of allylic oxidation sites excluding steroid dienone is 1.